The predicted molar refractivity (Wildman–Crippen MR) is 107 cm³/mol. The molecule has 0 aliphatic heterocycles. The van der Waals surface area contributed by atoms with Crippen molar-refractivity contribution in [2.24, 2.45) is 5.10 Å². The van der Waals surface area contributed by atoms with Crippen molar-refractivity contribution in [1.29, 1.82) is 0 Å². The van der Waals surface area contributed by atoms with Gasteiger partial charge in [-0.2, -0.15) is 13.9 Å². The van der Waals surface area contributed by atoms with Crippen molar-refractivity contribution < 1.29 is 13.5 Å². The van der Waals surface area contributed by atoms with Gasteiger partial charge in [0.1, 0.15) is 5.75 Å². The molecule has 8 heteroatoms. The van der Waals surface area contributed by atoms with Crippen LogP contribution >= 0.6 is 0 Å². The zero-order valence-corrected chi connectivity index (χ0v) is 15.0. The first-order valence-electron chi connectivity index (χ1n) is 8.71. The number of pyridine rings is 1. The number of nitrogens with zero attached hydrogens (tertiary/aromatic N) is 4. The number of hydrogen-bond donors (Lipinski definition) is 1. The van der Waals surface area contributed by atoms with E-state index in [1.165, 1.54) is 12.3 Å². The van der Waals surface area contributed by atoms with Crippen LogP contribution in [-0.2, 0) is 0 Å². The maximum Gasteiger partial charge on any atom is 0.387 e. The molecule has 0 saturated heterocycles. The number of nitrogens with one attached hydrogen (secondary N) is 1. The largest absolute Gasteiger partial charge is 0.434 e. The molecule has 0 spiro atoms. The number of fused-ring (bicyclic) bond motifs is 1. The summed E-state index contributed by atoms with van der Waals surface area (Å²) in [5.74, 6) is 1.05. The molecule has 0 saturated carbocycles. The van der Waals surface area contributed by atoms with Gasteiger partial charge >= 0.3 is 6.61 Å². The zero-order valence-electron chi connectivity index (χ0n) is 15.0. The summed E-state index contributed by atoms with van der Waals surface area (Å²) in [5.41, 5.74) is 4.85. The second-order valence-electron chi connectivity index (χ2n) is 5.94. The number of alkyl halides is 2. The predicted octanol–water partition coefficient (Wildman–Crippen LogP) is 4.74. The number of ether oxygens (including phenoxy) is 1. The molecule has 0 atom stereocenters. The third kappa shape index (κ3) is 4.32. The highest BCUT2D eigenvalue weighted by Crippen LogP contribution is 2.25. The molecule has 29 heavy (non-hydrogen) atoms. The van der Waals surface area contributed by atoms with E-state index in [1.807, 2.05) is 36.4 Å². The van der Waals surface area contributed by atoms with E-state index in [9.17, 15) is 8.78 Å². The normalized spacial score (nSPS) is 11.3. The van der Waals surface area contributed by atoms with Crippen LogP contribution in [0.4, 0.5) is 14.6 Å². The van der Waals surface area contributed by atoms with Crippen LogP contribution in [0, 0.1) is 0 Å². The molecule has 0 aliphatic rings. The molecular weight excluding hydrogens is 376 g/mol. The van der Waals surface area contributed by atoms with E-state index >= 15 is 0 Å². The summed E-state index contributed by atoms with van der Waals surface area (Å²) in [4.78, 5) is 13.2. The van der Waals surface area contributed by atoms with Gasteiger partial charge in [-0.1, -0.05) is 24.3 Å². The monoisotopic (exact) mass is 391 g/mol. The van der Waals surface area contributed by atoms with Crippen molar-refractivity contribution in [3.8, 4) is 17.1 Å². The van der Waals surface area contributed by atoms with Crippen molar-refractivity contribution in [2.45, 2.75) is 6.61 Å². The van der Waals surface area contributed by atoms with E-state index < -0.39 is 6.61 Å². The van der Waals surface area contributed by atoms with Gasteiger partial charge in [0.05, 0.1) is 11.7 Å². The van der Waals surface area contributed by atoms with Crippen LogP contribution in [0.15, 0.2) is 78.2 Å². The summed E-state index contributed by atoms with van der Waals surface area (Å²) >= 11 is 0. The lowest BCUT2D eigenvalue weighted by molar-refractivity contribution is -0.0499. The minimum Gasteiger partial charge on any atom is -0.434 e. The molecule has 0 radical (unpaired) electrons. The molecule has 0 aliphatic carbocycles. The lowest BCUT2D eigenvalue weighted by Gasteiger charge is -2.09. The van der Waals surface area contributed by atoms with Gasteiger partial charge in [-0.25, -0.2) is 9.97 Å². The fraction of sp³-hybridized carbons (Fsp3) is 0.0476. The molecule has 0 fully saturated rings. The lowest BCUT2D eigenvalue weighted by atomic mass is 10.2. The Hall–Kier alpha value is -3.94. The molecule has 0 unspecified atom stereocenters. The fourth-order valence-electron chi connectivity index (χ4n) is 2.75. The summed E-state index contributed by atoms with van der Waals surface area (Å²) in [6, 6.07) is 17.5. The molecular formula is C21H15F2N5O. The average molecular weight is 391 g/mol. The number of halogens is 2. The van der Waals surface area contributed by atoms with Gasteiger partial charge in [0.25, 0.3) is 0 Å². The second-order valence-corrected chi connectivity index (χ2v) is 5.94. The molecule has 6 nitrogen and oxygen atoms in total. The second kappa shape index (κ2) is 8.39. The average Bonchev–Trinajstić information content (AvgIpc) is 2.75. The number of aromatic nitrogens is 3. The zero-order chi connectivity index (χ0) is 20.1. The highest BCUT2D eigenvalue weighted by Gasteiger charge is 2.10. The Kier molecular flexibility index (Phi) is 5.33. The van der Waals surface area contributed by atoms with Gasteiger partial charge in [-0.15, -0.1) is 0 Å². The molecule has 2 heterocycles. The lowest BCUT2D eigenvalue weighted by Crippen LogP contribution is -2.04. The standard InChI is InChI=1S/C21H15F2N5O/c22-21(23)29-18-8-4-1-5-15(18)13-25-28-20-16-6-2-3-7-17(16)26-19(27-20)14-9-11-24-12-10-14/h1-13,21H,(H,26,27,28)/b25-13+. The molecule has 144 valence electrons. The van der Waals surface area contributed by atoms with Gasteiger partial charge in [0.15, 0.2) is 11.6 Å². The van der Waals surface area contributed by atoms with E-state index in [-0.39, 0.29) is 5.75 Å². The van der Waals surface area contributed by atoms with Crippen molar-refractivity contribution >= 4 is 22.9 Å². The molecule has 2 aromatic heterocycles. The Bertz CT molecular complexity index is 1150. The van der Waals surface area contributed by atoms with Gasteiger partial charge < -0.3 is 4.74 Å². The summed E-state index contributed by atoms with van der Waals surface area (Å²) in [7, 11) is 0. The van der Waals surface area contributed by atoms with Crippen molar-refractivity contribution in [1.82, 2.24) is 15.0 Å². The molecule has 2 aromatic carbocycles. The van der Waals surface area contributed by atoms with Crippen molar-refractivity contribution in [3.05, 3.63) is 78.6 Å². The van der Waals surface area contributed by atoms with Gasteiger partial charge in [-0.05, 0) is 36.4 Å². The molecule has 4 rings (SSSR count). The third-order valence-electron chi connectivity index (χ3n) is 4.05. The van der Waals surface area contributed by atoms with Gasteiger partial charge in [0, 0.05) is 28.9 Å². The Morgan fingerprint density at radius 1 is 0.931 bits per heavy atom. The molecule has 1 N–H and O–H groups in total. The van der Waals surface area contributed by atoms with Crippen LogP contribution < -0.4 is 10.2 Å². The van der Waals surface area contributed by atoms with Gasteiger partial charge in [-0.3, -0.25) is 10.4 Å². The van der Waals surface area contributed by atoms with E-state index in [0.29, 0.717) is 17.2 Å². The number of benzene rings is 2. The molecule has 0 bridgehead atoms. The van der Waals surface area contributed by atoms with Crippen LogP contribution in [0.25, 0.3) is 22.3 Å². The van der Waals surface area contributed by atoms with Crippen molar-refractivity contribution in [3.63, 3.8) is 0 Å². The number of para-hydroxylation sites is 2. The highest BCUT2D eigenvalue weighted by atomic mass is 19.3. The Morgan fingerprint density at radius 2 is 1.69 bits per heavy atom. The Balaban J connectivity index is 1.67. The first-order valence-corrected chi connectivity index (χ1v) is 8.71. The first-order chi connectivity index (χ1) is 14.2. The highest BCUT2D eigenvalue weighted by molar-refractivity contribution is 5.91. The fourth-order valence-corrected chi connectivity index (χ4v) is 2.75. The Morgan fingerprint density at radius 3 is 2.52 bits per heavy atom. The number of anilines is 1. The minimum absolute atomic E-state index is 0.0399. The van der Waals surface area contributed by atoms with Crippen LogP contribution in [0.2, 0.25) is 0 Å². The van der Waals surface area contributed by atoms with E-state index in [0.717, 1.165) is 16.5 Å². The third-order valence-corrected chi connectivity index (χ3v) is 4.05. The summed E-state index contributed by atoms with van der Waals surface area (Å²) in [5, 5.41) is 4.94. The minimum atomic E-state index is -2.91. The van der Waals surface area contributed by atoms with E-state index in [4.69, 9.17) is 0 Å². The van der Waals surface area contributed by atoms with Crippen LogP contribution in [0.5, 0.6) is 5.75 Å². The smallest absolute Gasteiger partial charge is 0.387 e. The van der Waals surface area contributed by atoms with Crippen LogP contribution in [0.3, 0.4) is 0 Å². The maximum atomic E-state index is 12.6. The Labute approximate surface area is 164 Å². The SMILES string of the molecule is FC(F)Oc1ccccc1/C=N/Nc1nc(-c2ccncc2)nc2ccccc12. The maximum absolute atomic E-state index is 12.6. The summed E-state index contributed by atoms with van der Waals surface area (Å²) < 4.78 is 29.6. The van der Waals surface area contributed by atoms with Gasteiger partial charge in [0.2, 0.25) is 0 Å². The first kappa shape index (κ1) is 18.4. The van der Waals surface area contributed by atoms with E-state index in [2.05, 4.69) is 30.2 Å². The molecule has 0 amide bonds. The van der Waals surface area contributed by atoms with Crippen molar-refractivity contribution in [2.75, 3.05) is 5.43 Å². The van der Waals surface area contributed by atoms with E-state index in [1.54, 1.807) is 30.6 Å². The van der Waals surface area contributed by atoms with Crippen LogP contribution in [0.1, 0.15) is 5.56 Å². The molecule has 4 aromatic rings. The number of rotatable bonds is 6. The number of hydrazone groups is 1. The van der Waals surface area contributed by atoms with Crippen LogP contribution in [-0.4, -0.2) is 27.8 Å². The summed E-state index contributed by atoms with van der Waals surface area (Å²) in [6.45, 7) is -2.91. The number of hydrogen-bond acceptors (Lipinski definition) is 6. The summed E-state index contributed by atoms with van der Waals surface area (Å²) in [6.07, 6.45) is 4.73. The topological polar surface area (TPSA) is 72.3 Å². The quantitative estimate of drug-likeness (QED) is 0.380.